The van der Waals surface area contributed by atoms with E-state index in [4.69, 9.17) is 16.1 Å². The molecule has 0 atom stereocenters. The Morgan fingerprint density at radius 3 is 2.80 bits per heavy atom. The number of hydrogen-bond donors (Lipinski definition) is 1. The normalized spacial score (nSPS) is 11.7. The highest BCUT2D eigenvalue weighted by Gasteiger charge is 2.18. The fraction of sp³-hybridized carbons (Fsp3) is 0. The van der Waals surface area contributed by atoms with Gasteiger partial charge in [0, 0.05) is 16.7 Å². The van der Waals surface area contributed by atoms with Crippen molar-refractivity contribution >= 4 is 48.3 Å². The van der Waals surface area contributed by atoms with Crippen LogP contribution in [-0.2, 0) is 10.0 Å². The number of sulfonamides is 1. The van der Waals surface area contributed by atoms with Gasteiger partial charge in [-0.2, -0.15) is 0 Å². The highest BCUT2D eigenvalue weighted by molar-refractivity contribution is 7.93. The Balaban J connectivity index is 1.68. The van der Waals surface area contributed by atoms with Crippen molar-refractivity contribution < 1.29 is 12.9 Å². The number of hydrogen-bond acceptors (Lipinski definition) is 6. The number of halogens is 1. The van der Waals surface area contributed by atoms with Crippen LogP contribution in [0.25, 0.3) is 21.5 Å². The Hall–Kier alpha value is -2.42. The fourth-order valence-electron chi connectivity index (χ4n) is 2.30. The summed E-state index contributed by atoms with van der Waals surface area (Å²) in [4.78, 5) is 4.39. The van der Waals surface area contributed by atoms with Gasteiger partial charge in [0.2, 0.25) is 0 Å². The van der Waals surface area contributed by atoms with Gasteiger partial charge in [0.15, 0.2) is 5.13 Å². The fourth-order valence-corrected chi connectivity index (χ4v) is 4.60. The molecule has 0 saturated heterocycles. The second kappa shape index (κ2) is 6.14. The van der Waals surface area contributed by atoms with Crippen LogP contribution >= 0.6 is 22.9 Å². The van der Waals surface area contributed by atoms with Crippen LogP contribution < -0.4 is 4.72 Å². The highest BCUT2D eigenvalue weighted by Crippen LogP contribution is 2.30. The van der Waals surface area contributed by atoms with E-state index in [2.05, 4.69) is 14.9 Å². The summed E-state index contributed by atoms with van der Waals surface area (Å²) in [7, 11) is -3.78. The number of rotatable bonds is 4. The molecule has 25 heavy (non-hydrogen) atoms. The first-order valence-electron chi connectivity index (χ1n) is 7.11. The number of nitrogens with zero attached hydrogens (tertiary/aromatic N) is 2. The Morgan fingerprint density at radius 2 is 2.00 bits per heavy atom. The van der Waals surface area contributed by atoms with Gasteiger partial charge in [0.1, 0.15) is 12.0 Å². The molecule has 2 aromatic heterocycles. The van der Waals surface area contributed by atoms with Crippen molar-refractivity contribution in [3.8, 4) is 11.3 Å². The Kier molecular flexibility index (Phi) is 3.95. The van der Waals surface area contributed by atoms with E-state index in [-0.39, 0.29) is 10.0 Å². The molecule has 0 amide bonds. The molecule has 4 aromatic rings. The van der Waals surface area contributed by atoms with Crippen LogP contribution in [0.5, 0.6) is 0 Å². The average molecular weight is 392 g/mol. The van der Waals surface area contributed by atoms with Gasteiger partial charge in [-0.05, 0) is 30.3 Å². The van der Waals surface area contributed by atoms with Crippen LogP contribution in [0.3, 0.4) is 0 Å². The maximum Gasteiger partial charge on any atom is 0.263 e. The molecule has 2 aromatic carbocycles. The average Bonchev–Trinajstić information content (AvgIpc) is 3.23. The minimum Gasteiger partial charge on any atom is -0.364 e. The van der Waals surface area contributed by atoms with E-state index in [9.17, 15) is 8.42 Å². The lowest BCUT2D eigenvalue weighted by Gasteiger charge is -2.06. The van der Waals surface area contributed by atoms with E-state index >= 15 is 0 Å². The van der Waals surface area contributed by atoms with Gasteiger partial charge in [-0.3, -0.25) is 4.72 Å². The summed E-state index contributed by atoms with van der Waals surface area (Å²) in [5, 5.41) is 4.65. The smallest absolute Gasteiger partial charge is 0.263 e. The number of anilines is 1. The van der Waals surface area contributed by atoms with Crippen LogP contribution in [0.15, 0.2) is 64.2 Å². The number of nitrogens with one attached hydrogen (secondary N) is 1. The summed E-state index contributed by atoms with van der Waals surface area (Å²) < 4.78 is 33.5. The second-order valence-corrected chi connectivity index (χ2v) is 8.30. The van der Waals surface area contributed by atoms with Crippen LogP contribution in [0.2, 0.25) is 5.02 Å². The summed E-state index contributed by atoms with van der Waals surface area (Å²) in [6.07, 6.45) is 1.43. The maximum absolute atomic E-state index is 12.7. The summed E-state index contributed by atoms with van der Waals surface area (Å²) in [6, 6.07) is 13.3. The monoisotopic (exact) mass is 391 g/mol. The molecule has 0 saturated carbocycles. The van der Waals surface area contributed by atoms with E-state index in [0.29, 0.717) is 21.8 Å². The van der Waals surface area contributed by atoms with E-state index < -0.39 is 10.0 Å². The van der Waals surface area contributed by atoms with Gasteiger partial charge < -0.3 is 4.52 Å². The van der Waals surface area contributed by atoms with E-state index in [1.165, 1.54) is 29.7 Å². The zero-order valence-electron chi connectivity index (χ0n) is 12.5. The molecule has 0 bridgehead atoms. The van der Waals surface area contributed by atoms with Gasteiger partial charge >= 0.3 is 0 Å². The van der Waals surface area contributed by atoms with E-state index in [0.717, 1.165) is 4.70 Å². The Bertz CT molecular complexity index is 1150. The highest BCUT2D eigenvalue weighted by atomic mass is 35.5. The summed E-state index contributed by atoms with van der Waals surface area (Å²) >= 11 is 7.18. The zero-order chi connectivity index (χ0) is 17.4. The zero-order valence-corrected chi connectivity index (χ0v) is 14.9. The number of benzene rings is 2. The predicted molar refractivity (Wildman–Crippen MR) is 97.4 cm³/mol. The molecule has 2 heterocycles. The molecule has 0 fully saturated rings. The molecule has 9 heteroatoms. The first-order chi connectivity index (χ1) is 12.0. The molecule has 0 aliphatic rings. The first kappa shape index (κ1) is 16.1. The first-order valence-corrected chi connectivity index (χ1v) is 9.79. The van der Waals surface area contributed by atoms with Crippen LogP contribution in [0.1, 0.15) is 0 Å². The van der Waals surface area contributed by atoms with E-state index in [1.807, 2.05) is 0 Å². The summed E-state index contributed by atoms with van der Waals surface area (Å²) in [5.41, 5.74) is 1.85. The Morgan fingerprint density at radius 1 is 1.12 bits per heavy atom. The van der Waals surface area contributed by atoms with Crippen molar-refractivity contribution in [3.05, 3.63) is 59.8 Å². The van der Waals surface area contributed by atoms with Crippen LogP contribution in [-0.4, -0.2) is 18.6 Å². The number of fused-ring (bicyclic) bond motifs is 1. The third-order valence-electron chi connectivity index (χ3n) is 3.45. The van der Waals surface area contributed by atoms with Crippen molar-refractivity contribution in [2.24, 2.45) is 0 Å². The van der Waals surface area contributed by atoms with Gasteiger partial charge in [-0.25, -0.2) is 13.4 Å². The van der Waals surface area contributed by atoms with Crippen molar-refractivity contribution in [2.75, 3.05) is 4.72 Å². The molecular formula is C16H10ClN3O3S2. The molecule has 126 valence electrons. The number of thiazole rings is 1. The lowest BCUT2D eigenvalue weighted by molar-refractivity contribution is 0.422. The molecule has 6 nitrogen and oxygen atoms in total. The number of aromatic nitrogens is 2. The minimum atomic E-state index is -3.78. The third-order valence-corrected chi connectivity index (χ3v) is 6.10. The van der Waals surface area contributed by atoms with E-state index in [1.54, 1.807) is 36.4 Å². The van der Waals surface area contributed by atoms with Gasteiger partial charge in [-0.15, -0.1) is 0 Å². The van der Waals surface area contributed by atoms with Crippen molar-refractivity contribution in [2.45, 2.75) is 4.90 Å². The van der Waals surface area contributed by atoms with Crippen LogP contribution in [0, 0.1) is 0 Å². The standard InChI is InChI=1S/C16H10ClN3O3S2/c17-11-4-5-15-14(9-11)18-16(24-15)20-25(21,22)12-3-1-2-10(8-12)13-6-7-23-19-13/h1-9H,(H,18,20). The molecular weight excluding hydrogens is 382 g/mol. The minimum absolute atomic E-state index is 0.116. The lowest BCUT2D eigenvalue weighted by atomic mass is 10.2. The molecule has 0 radical (unpaired) electrons. The maximum atomic E-state index is 12.7. The van der Waals surface area contributed by atoms with Crippen molar-refractivity contribution in [1.29, 1.82) is 0 Å². The van der Waals surface area contributed by atoms with Crippen LogP contribution in [0.4, 0.5) is 5.13 Å². The van der Waals surface area contributed by atoms with Gasteiger partial charge in [0.05, 0.1) is 15.1 Å². The van der Waals surface area contributed by atoms with Crippen molar-refractivity contribution in [1.82, 2.24) is 10.1 Å². The molecule has 0 unspecified atom stereocenters. The molecule has 0 aliphatic carbocycles. The lowest BCUT2D eigenvalue weighted by Crippen LogP contribution is -2.12. The predicted octanol–water partition coefficient (Wildman–Crippen LogP) is 4.41. The third kappa shape index (κ3) is 3.23. The van der Waals surface area contributed by atoms with Gasteiger partial charge in [0.25, 0.3) is 10.0 Å². The van der Waals surface area contributed by atoms with Crippen molar-refractivity contribution in [3.63, 3.8) is 0 Å². The SMILES string of the molecule is O=S(=O)(Nc1nc2cc(Cl)ccc2s1)c1cccc(-c2ccon2)c1. The molecule has 0 aliphatic heterocycles. The largest absolute Gasteiger partial charge is 0.364 e. The molecule has 1 N–H and O–H groups in total. The summed E-state index contributed by atoms with van der Waals surface area (Å²) in [5.74, 6) is 0. The molecule has 0 spiro atoms. The summed E-state index contributed by atoms with van der Waals surface area (Å²) in [6.45, 7) is 0. The van der Waals surface area contributed by atoms with Gasteiger partial charge in [-0.1, -0.05) is 40.2 Å². The Labute approximate surface area is 152 Å². The topological polar surface area (TPSA) is 85.1 Å². The molecule has 4 rings (SSSR count). The second-order valence-electron chi connectivity index (χ2n) is 5.15. The quantitative estimate of drug-likeness (QED) is 0.557.